The smallest absolute Gasteiger partial charge is 0.416 e. The minimum absolute atomic E-state index is 0.155. The number of thiol groups is 1. The van der Waals surface area contributed by atoms with Crippen LogP contribution in [0.3, 0.4) is 0 Å². The number of ether oxygens (including phenoxy) is 2. The number of hydrogen-bond acceptors (Lipinski definition) is 4. The standard InChI is InChI=1S/C17H22F3NO3S/c1-16(2,3)24-15(22)21-8-13(14(25)9-21)23-10-11-4-6-12(7-5-11)17(18,19)20/h4-7,13-14,25H,8-10H2,1-3H3/t13-,14-/m1/s1. The van der Waals surface area contributed by atoms with Crippen molar-refractivity contribution in [2.75, 3.05) is 13.1 Å². The number of likely N-dealkylation sites (tertiary alicyclic amines) is 1. The van der Waals surface area contributed by atoms with E-state index in [0.29, 0.717) is 18.7 Å². The van der Waals surface area contributed by atoms with Gasteiger partial charge in [-0.05, 0) is 38.5 Å². The lowest BCUT2D eigenvalue weighted by Gasteiger charge is -2.24. The Kier molecular flexibility index (Phi) is 5.93. The highest BCUT2D eigenvalue weighted by atomic mass is 32.1. The number of hydrogen-bond donors (Lipinski definition) is 1. The van der Waals surface area contributed by atoms with Gasteiger partial charge in [-0.2, -0.15) is 25.8 Å². The number of amides is 1. The summed E-state index contributed by atoms with van der Waals surface area (Å²) >= 11 is 4.43. The van der Waals surface area contributed by atoms with Crippen LogP contribution in [0, 0.1) is 0 Å². The lowest BCUT2D eigenvalue weighted by Crippen LogP contribution is -2.36. The van der Waals surface area contributed by atoms with E-state index in [9.17, 15) is 18.0 Å². The van der Waals surface area contributed by atoms with Crippen molar-refractivity contribution in [2.24, 2.45) is 0 Å². The first-order valence-corrected chi connectivity index (χ1v) is 8.41. The number of carbonyl (C=O) groups is 1. The lowest BCUT2D eigenvalue weighted by molar-refractivity contribution is -0.137. The van der Waals surface area contributed by atoms with E-state index in [2.05, 4.69) is 12.6 Å². The fourth-order valence-corrected chi connectivity index (χ4v) is 2.77. The number of halogens is 3. The van der Waals surface area contributed by atoms with Crippen LogP contribution in [0.2, 0.25) is 0 Å². The zero-order valence-corrected chi connectivity index (χ0v) is 15.2. The predicted octanol–water partition coefficient (Wildman–Crippen LogP) is 4.14. The van der Waals surface area contributed by atoms with Crippen LogP contribution >= 0.6 is 12.6 Å². The van der Waals surface area contributed by atoms with Crippen LogP contribution < -0.4 is 0 Å². The summed E-state index contributed by atoms with van der Waals surface area (Å²) in [5.41, 5.74) is -0.646. The minimum atomic E-state index is -4.35. The SMILES string of the molecule is CC(C)(C)OC(=O)N1C[C@@H](S)[C@H](OCc2ccc(C(F)(F)F)cc2)C1. The monoisotopic (exact) mass is 377 g/mol. The highest BCUT2D eigenvalue weighted by molar-refractivity contribution is 7.81. The van der Waals surface area contributed by atoms with Gasteiger partial charge in [-0.15, -0.1) is 0 Å². The summed E-state index contributed by atoms with van der Waals surface area (Å²) in [5.74, 6) is 0. The molecule has 140 valence electrons. The van der Waals surface area contributed by atoms with Crippen molar-refractivity contribution in [2.45, 2.75) is 50.5 Å². The van der Waals surface area contributed by atoms with Gasteiger partial charge in [0.15, 0.2) is 0 Å². The molecule has 0 unspecified atom stereocenters. The van der Waals surface area contributed by atoms with Gasteiger partial charge < -0.3 is 14.4 Å². The van der Waals surface area contributed by atoms with E-state index in [0.717, 1.165) is 12.1 Å². The van der Waals surface area contributed by atoms with Crippen molar-refractivity contribution in [3.8, 4) is 0 Å². The largest absolute Gasteiger partial charge is 0.444 e. The van der Waals surface area contributed by atoms with Crippen LogP contribution in [-0.2, 0) is 22.3 Å². The molecular formula is C17H22F3NO3S. The maximum absolute atomic E-state index is 12.5. The number of rotatable bonds is 3. The van der Waals surface area contributed by atoms with Crippen LogP contribution in [0.5, 0.6) is 0 Å². The Labute approximate surface area is 150 Å². The maximum Gasteiger partial charge on any atom is 0.416 e. The van der Waals surface area contributed by atoms with Crippen molar-refractivity contribution in [3.05, 3.63) is 35.4 Å². The first kappa shape index (κ1) is 19.9. The molecule has 1 aromatic rings. The van der Waals surface area contributed by atoms with Gasteiger partial charge in [-0.25, -0.2) is 4.79 Å². The highest BCUT2D eigenvalue weighted by Crippen LogP contribution is 2.29. The molecule has 4 nitrogen and oxygen atoms in total. The first-order chi connectivity index (χ1) is 11.5. The highest BCUT2D eigenvalue weighted by Gasteiger charge is 2.36. The average molecular weight is 377 g/mol. The van der Waals surface area contributed by atoms with Crippen LogP contribution in [0.15, 0.2) is 24.3 Å². The summed E-state index contributed by atoms with van der Waals surface area (Å²) in [5, 5.41) is -0.179. The molecule has 0 N–H and O–H groups in total. The molecule has 1 fully saturated rings. The second-order valence-electron chi connectivity index (χ2n) is 7.00. The molecule has 1 aliphatic heterocycles. The van der Waals surface area contributed by atoms with E-state index in [4.69, 9.17) is 9.47 Å². The van der Waals surface area contributed by atoms with E-state index in [1.54, 1.807) is 20.8 Å². The van der Waals surface area contributed by atoms with Gasteiger partial charge in [0.2, 0.25) is 0 Å². The zero-order chi connectivity index (χ0) is 18.8. The molecule has 0 aromatic heterocycles. The zero-order valence-electron chi connectivity index (χ0n) is 14.3. The van der Waals surface area contributed by atoms with E-state index < -0.39 is 23.4 Å². The van der Waals surface area contributed by atoms with E-state index in [1.165, 1.54) is 17.0 Å². The van der Waals surface area contributed by atoms with Crippen molar-refractivity contribution in [1.29, 1.82) is 0 Å². The Hall–Kier alpha value is -1.41. The van der Waals surface area contributed by atoms with Crippen LogP contribution in [-0.4, -0.2) is 41.0 Å². The molecule has 1 saturated heterocycles. The second-order valence-corrected chi connectivity index (χ2v) is 7.66. The minimum Gasteiger partial charge on any atom is -0.444 e. The van der Waals surface area contributed by atoms with E-state index >= 15 is 0 Å². The van der Waals surface area contributed by atoms with Gasteiger partial charge in [-0.1, -0.05) is 12.1 Å². The van der Waals surface area contributed by atoms with E-state index in [1.807, 2.05) is 0 Å². The van der Waals surface area contributed by atoms with Gasteiger partial charge in [-0.3, -0.25) is 0 Å². The van der Waals surface area contributed by atoms with Crippen LogP contribution in [0.25, 0.3) is 0 Å². The van der Waals surface area contributed by atoms with Gasteiger partial charge in [0.05, 0.1) is 24.8 Å². The second kappa shape index (κ2) is 7.45. The Balaban J connectivity index is 1.88. The number of nitrogens with zero attached hydrogens (tertiary/aromatic N) is 1. The van der Waals surface area contributed by atoms with Crippen molar-refractivity contribution in [1.82, 2.24) is 4.90 Å². The first-order valence-electron chi connectivity index (χ1n) is 7.89. The molecule has 25 heavy (non-hydrogen) atoms. The van der Waals surface area contributed by atoms with Crippen molar-refractivity contribution in [3.63, 3.8) is 0 Å². The molecule has 2 atom stereocenters. The normalized spacial score (nSPS) is 21.5. The van der Waals surface area contributed by atoms with Gasteiger partial charge in [0.25, 0.3) is 0 Å². The third-order valence-electron chi connectivity index (χ3n) is 3.63. The summed E-state index contributed by atoms with van der Waals surface area (Å²) in [6.07, 6.45) is -5.08. The summed E-state index contributed by atoms with van der Waals surface area (Å²) in [6, 6.07) is 4.82. The predicted molar refractivity (Wildman–Crippen MR) is 90.6 cm³/mol. The fraction of sp³-hybridized carbons (Fsp3) is 0.588. The number of benzene rings is 1. The summed E-state index contributed by atoms with van der Waals surface area (Å²) in [6.45, 7) is 6.26. The topological polar surface area (TPSA) is 38.8 Å². The summed E-state index contributed by atoms with van der Waals surface area (Å²) in [4.78, 5) is 13.6. The molecule has 0 aliphatic carbocycles. The Morgan fingerprint density at radius 1 is 1.20 bits per heavy atom. The molecule has 1 amide bonds. The molecule has 0 radical (unpaired) electrons. The Bertz CT molecular complexity index is 599. The number of carbonyl (C=O) groups excluding carboxylic acids is 1. The summed E-state index contributed by atoms with van der Waals surface area (Å²) < 4.78 is 48.7. The quantitative estimate of drug-likeness (QED) is 0.805. The molecule has 8 heteroatoms. The maximum atomic E-state index is 12.5. The molecule has 2 rings (SSSR count). The van der Waals surface area contributed by atoms with Gasteiger partial charge in [0.1, 0.15) is 5.60 Å². The van der Waals surface area contributed by atoms with Crippen LogP contribution in [0.1, 0.15) is 31.9 Å². The molecule has 1 heterocycles. The summed E-state index contributed by atoms with van der Waals surface area (Å²) in [7, 11) is 0. The molecule has 1 aliphatic rings. The van der Waals surface area contributed by atoms with E-state index in [-0.39, 0.29) is 18.0 Å². The molecule has 0 saturated carbocycles. The van der Waals surface area contributed by atoms with Gasteiger partial charge in [0, 0.05) is 11.8 Å². The van der Waals surface area contributed by atoms with Crippen molar-refractivity contribution < 1.29 is 27.4 Å². The molecular weight excluding hydrogens is 355 g/mol. The fourth-order valence-electron chi connectivity index (χ4n) is 2.39. The average Bonchev–Trinajstić information content (AvgIpc) is 2.84. The van der Waals surface area contributed by atoms with Crippen molar-refractivity contribution >= 4 is 18.7 Å². The molecule has 0 spiro atoms. The molecule has 0 bridgehead atoms. The third kappa shape index (κ3) is 5.81. The van der Waals surface area contributed by atoms with Crippen LogP contribution in [0.4, 0.5) is 18.0 Å². The van der Waals surface area contributed by atoms with Gasteiger partial charge >= 0.3 is 12.3 Å². The third-order valence-corrected chi connectivity index (χ3v) is 4.13. The Morgan fingerprint density at radius 3 is 2.32 bits per heavy atom. The lowest BCUT2D eigenvalue weighted by atomic mass is 10.1. The number of alkyl halides is 3. The molecule has 1 aromatic carbocycles. The Morgan fingerprint density at radius 2 is 1.80 bits per heavy atom.